The van der Waals surface area contributed by atoms with E-state index in [0.717, 1.165) is 31.7 Å². The molecule has 1 aliphatic heterocycles. The molecule has 0 radical (unpaired) electrons. The van der Waals surface area contributed by atoms with Crippen LogP contribution in [0.1, 0.15) is 24.5 Å². The number of nitrogens with one attached hydrogen (secondary N) is 1. The lowest BCUT2D eigenvalue weighted by Crippen LogP contribution is -2.42. The molecular formula is C17H26N2O2S. The fourth-order valence-corrected chi connectivity index (χ4v) is 3.38. The van der Waals surface area contributed by atoms with Gasteiger partial charge in [0, 0.05) is 26.2 Å². The molecule has 1 aromatic rings. The summed E-state index contributed by atoms with van der Waals surface area (Å²) in [5.41, 5.74) is 2.76. The number of aliphatic hydroxyl groups excluding tert-OH is 1. The van der Waals surface area contributed by atoms with E-state index in [4.69, 9.17) is 0 Å². The lowest BCUT2D eigenvalue weighted by molar-refractivity contribution is -0.119. The third-order valence-electron chi connectivity index (χ3n) is 3.80. The maximum absolute atomic E-state index is 11.6. The average molecular weight is 322 g/mol. The lowest BCUT2D eigenvalue weighted by atomic mass is 10.00. The van der Waals surface area contributed by atoms with E-state index in [2.05, 4.69) is 41.4 Å². The van der Waals surface area contributed by atoms with E-state index in [1.807, 2.05) is 0 Å². The number of hydrogen-bond donors (Lipinski definition) is 2. The van der Waals surface area contributed by atoms with E-state index >= 15 is 0 Å². The molecule has 0 aliphatic carbocycles. The molecule has 122 valence electrons. The smallest absolute Gasteiger partial charge is 0.230 e. The Labute approximate surface area is 137 Å². The van der Waals surface area contributed by atoms with Gasteiger partial charge in [-0.15, -0.1) is 0 Å². The van der Waals surface area contributed by atoms with E-state index in [1.54, 1.807) is 11.8 Å². The summed E-state index contributed by atoms with van der Waals surface area (Å²) in [6.07, 6.45) is 1.60. The highest BCUT2D eigenvalue weighted by molar-refractivity contribution is 7.99. The van der Waals surface area contributed by atoms with E-state index in [0.29, 0.717) is 18.8 Å². The molecule has 1 atom stereocenters. The molecule has 1 aliphatic rings. The average Bonchev–Trinajstić information content (AvgIpc) is 2.53. The summed E-state index contributed by atoms with van der Waals surface area (Å²) >= 11 is 1.64. The van der Waals surface area contributed by atoms with Crippen molar-refractivity contribution >= 4 is 17.7 Å². The second-order valence-corrected chi connectivity index (χ2v) is 6.87. The number of nitrogens with zero attached hydrogens (tertiary/aromatic N) is 1. The quantitative estimate of drug-likeness (QED) is 0.715. The van der Waals surface area contributed by atoms with Gasteiger partial charge in [-0.1, -0.05) is 31.2 Å². The Morgan fingerprint density at radius 1 is 1.41 bits per heavy atom. The van der Waals surface area contributed by atoms with Crippen LogP contribution in [0.5, 0.6) is 0 Å². The minimum Gasteiger partial charge on any atom is -0.390 e. The molecule has 1 aromatic carbocycles. The lowest BCUT2D eigenvalue weighted by Gasteiger charge is -2.30. The first kappa shape index (κ1) is 17.3. The van der Waals surface area contributed by atoms with Crippen molar-refractivity contribution in [2.75, 3.05) is 31.1 Å². The zero-order valence-electron chi connectivity index (χ0n) is 13.3. The summed E-state index contributed by atoms with van der Waals surface area (Å²) in [6.45, 7) is 4.90. The van der Waals surface area contributed by atoms with E-state index < -0.39 is 6.10 Å². The van der Waals surface area contributed by atoms with Crippen molar-refractivity contribution in [2.24, 2.45) is 0 Å². The highest BCUT2D eigenvalue weighted by Gasteiger charge is 2.18. The SMILES string of the molecule is CCCSCC(=O)NCC(O)CN1CCc2ccccc2C1. The molecule has 0 saturated carbocycles. The summed E-state index contributed by atoms with van der Waals surface area (Å²) < 4.78 is 0. The Kier molecular flexibility index (Phi) is 7.22. The topological polar surface area (TPSA) is 52.6 Å². The second kappa shape index (κ2) is 9.18. The number of aliphatic hydroxyl groups is 1. The molecule has 0 bridgehead atoms. The maximum atomic E-state index is 11.6. The molecule has 1 unspecified atom stereocenters. The second-order valence-electron chi connectivity index (χ2n) is 5.76. The fraction of sp³-hybridized carbons (Fsp3) is 0.588. The van der Waals surface area contributed by atoms with Crippen LogP contribution < -0.4 is 5.32 Å². The van der Waals surface area contributed by atoms with Crippen LogP contribution in [0.3, 0.4) is 0 Å². The van der Waals surface area contributed by atoms with Crippen molar-refractivity contribution in [1.29, 1.82) is 0 Å². The highest BCUT2D eigenvalue weighted by Crippen LogP contribution is 2.18. The Morgan fingerprint density at radius 2 is 2.18 bits per heavy atom. The number of rotatable bonds is 8. The largest absolute Gasteiger partial charge is 0.390 e. The maximum Gasteiger partial charge on any atom is 0.230 e. The Morgan fingerprint density at radius 3 is 2.95 bits per heavy atom. The monoisotopic (exact) mass is 322 g/mol. The Bertz CT molecular complexity index is 481. The Hall–Kier alpha value is -1.04. The van der Waals surface area contributed by atoms with Gasteiger partial charge >= 0.3 is 0 Å². The van der Waals surface area contributed by atoms with Crippen molar-refractivity contribution in [1.82, 2.24) is 10.2 Å². The van der Waals surface area contributed by atoms with Crippen molar-refractivity contribution in [3.63, 3.8) is 0 Å². The summed E-state index contributed by atoms with van der Waals surface area (Å²) in [4.78, 5) is 13.9. The number of carbonyl (C=O) groups is 1. The van der Waals surface area contributed by atoms with E-state index in [-0.39, 0.29) is 5.91 Å². The first-order valence-corrected chi connectivity index (χ1v) is 9.16. The molecule has 2 rings (SSSR count). The third-order valence-corrected chi connectivity index (χ3v) is 4.96. The molecule has 22 heavy (non-hydrogen) atoms. The molecule has 5 heteroatoms. The minimum atomic E-state index is -0.509. The molecule has 0 spiro atoms. The number of amides is 1. The summed E-state index contributed by atoms with van der Waals surface area (Å²) in [5, 5.41) is 12.9. The standard InChI is InChI=1S/C17H26N2O2S/c1-2-9-22-13-17(21)18-10-16(20)12-19-8-7-14-5-3-4-6-15(14)11-19/h3-6,16,20H,2,7-13H2,1H3,(H,18,21). The first-order chi connectivity index (χ1) is 10.7. The molecule has 0 saturated heterocycles. The van der Waals surface area contributed by atoms with Gasteiger partial charge < -0.3 is 10.4 Å². The van der Waals surface area contributed by atoms with Gasteiger partial charge in [-0.2, -0.15) is 11.8 Å². The fourth-order valence-electron chi connectivity index (χ4n) is 2.66. The summed E-state index contributed by atoms with van der Waals surface area (Å²) in [5.74, 6) is 1.50. The highest BCUT2D eigenvalue weighted by atomic mass is 32.2. The Balaban J connectivity index is 1.67. The molecule has 2 N–H and O–H groups in total. The molecule has 0 aromatic heterocycles. The van der Waals surface area contributed by atoms with Gasteiger partial charge in [-0.05, 0) is 29.7 Å². The predicted molar refractivity (Wildman–Crippen MR) is 92.1 cm³/mol. The van der Waals surface area contributed by atoms with Crippen LogP contribution in [0.25, 0.3) is 0 Å². The van der Waals surface area contributed by atoms with Crippen LogP contribution in [-0.4, -0.2) is 53.2 Å². The number of benzene rings is 1. The van der Waals surface area contributed by atoms with Crippen molar-refractivity contribution in [2.45, 2.75) is 32.4 Å². The van der Waals surface area contributed by atoms with E-state index in [9.17, 15) is 9.90 Å². The zero-order valence-corrected chi connectivity index (χ0v) is 14.1. The third kappa shape index (κ3) is 5.63. The zero-order chi connectivity index (χ0) is 15.8. The number of carbonyl (C=O) groups excluding carboxylic acids is 1. The van der Waals surface area contributed by atoms with Crippen molar-refractivity contribution in [3.8, 4) is 0 Å². The molecule has 1 heterocycles. The van der Waals surface area contributed by atoms with Gasteiger partial charge in [0.15, 0.2) is 0 Å². The first-order valence-electron chi connectivity index (χ1n) is 8.00. The molecule has 1 amide bonds. The van der Waals surface area contributed by atoms with Gasteiger partial charge in [0.1, 0.15) is 0 Å². The number of β-amino-alcohol motifs (C(OH)–C–C–N with tert-alkyl or cyclic N) is 1. The molecule has 0 fully saturated rings. The number of thioether (sulfide) groups is 1. The van der Waals surface area contributed by atoms with Crippen molar-refractivity contribution < 1.29 is 9.90 Å². The van der Waals surface area contributed by atoms with E-state index in [1.165, 1.54) is 11.1 Å². The van der Waals surface area contributed by atoms with Gasteiger partial charge in [0.25, 0.3) is 0 Å². The van der Waals surface area contributed by atoms with Crippen LogP contribution in [0, 0.1) is 0 Å². The van der Waals surface area contributed by atoms with Crippen LogP contribution >= 0.6 is 11.8 Å². The van der Waals surface area contributed by atoms with Crippen LogP contribution in [0.4, 0.5) is 0 Å². The number of fused-ring (bicyclic) bond motifs is 1. The normalized spacial score (nSPS) is 16.1. The van der Waals surface area contributed by atoms with Crippen molar-refractivity contribution in [3.05, 3.63) is 35.4 Å². The van der Waals surface area contributed by atoms with Crippen LogP contribution in [0.2, 0.25) is 0 Å². The van der Waals surface area contributed by atoms with Crippen LogP contribution in [0.15, 0.2) is 24.3 Å². The van der Waals surface area contributed by atoms with Gasteiger partial charge in [-0.3, -0.25) is 9.69 Å². The van der Waals surface area contributed by atoms with Gasteiger partial charge in [-0.25, -0.2) is 0 Å². The van der Waals surface area contributed by atoms with Gasteiger partial charge in [0.2, 0.25) is 5.91 Å². The number of hydrogen-bond acceptors (Lipinski definition) is 4. The minimum absolute atomic E-state index is 0.0153. The van der Waals surface area contributed by atoms with Gasteiger partial charge in [0.05, 0.1) is 11.9 Å². The van der Waals surface area contributed by atoms with Crippen LogP contribution in [-0.2, 0) is 17.8 Å². The molecular weight excluding hydrogens is 296 g/mol. The summed E-state index contributed by atoms with van der Waals surface area (Å²) in [7, 11) is 0. The predicted octanol–water partition coefficient (Wildman–Crippen LogP) is 1.66. The molecule has 4 nitrogen and oxygen atoms in total. The summed E-state index contributed by atoms with van der Waals surface area (Å²) in [6, 6.07) is 8.47.